The zero-order valence-corrected chi connectivity index (χ0v) is 8.61. The van der Waals surface area contributed by atoms with Crippen molar-refractivity contribution in [3.8, 4) is 17.2 Å². The average Bonchev–Trinajstić information content (AvgIpc) is 2.15. The fourth-order valence-corrected chi connectivity index (χ4v) is 1.69. The molecule has 0 amide bonds. The van der Waals surface area contributed by atoms with E-state index in [-0.39, 0.29) is 23.2 Å². The Balaban J connectivity index is 2.54. The summed E-state index contributed by atoms with van der Waals surface area (Å²) in [5.41, 5.74) is 0.258. The van der Waals surface area contributed by atoms with Crippen LogP contribution < -0.4 is 9.47 Å². The molecule has 1 aromatic carbocycles. The smallest absolute Gasteiger partial charge is 0.174 e. The molecule has 15 heavy (non-hydrogen) atoms. The molecule has 0 saturated carbocycles. The Bertz CT molecular complexity index is 411. The molecule has 1 aliphatic heterocycles. The van der Waals surface area contributed by atoms with Gasteiger partial charge in [0.25, 0.3) is 0 Å². The predicted molar refractivity (Wildman–Crippen MR) is 53.7 cm³/mol. The molecule has 2 rings (SSSR count). The summed E-state index contributed by atoms with van der Waals surface area (Å²) >= 11 is 0. The second-order valence-electron chi connectivity index (χ2n) is 3.58. The van der Waals surface area contributed by atoms with E-state index in [2.05, 4.69) is 0 Å². The molecule has 1 heterocycles. The maximum absolute atomic E-state index is 11.6. The zero-order valence-electron chi connectivity index (χ0n) is 8.61. The molecule has 1 unspecified atom stereocenters. The monoisotopic (exact) mass is 208 g/mol. The summed E-state index contributed by atoms with van der Waals surface area (Å²) < 4.78 is 10.4. The lowest BCUT2D eigenvalue weighted by Gasteiger charge is -2.23. The van der Waals surface area contributed by atoms with Gasteiger partial charge >= 0.3 is 0 Å². The Hall–Kier alpha value is -1.71. The van der Waals surface area contributed by atoms with Gasteiger partial charge in [0.15, 0.2) is 5.78 Å². The van der Waals surface area contributed by atoms with Gasteiger partial charge in [-0.05, 0) is 6.92 Å². The number of Topliss-reactive ketones (excluding diaryl/α,β-unsaturated/α-hetero) is 1. The van der Waals surface area contributed by atoms with E-state index in [1.54, 1.807) is 6.07 Å². The molecule has 0 aromatic heterocycles. The maximum Gasteiger partial charge on any atom is 0.174 e. The highest BCUT2D eigenvalue weighted by atomic mass is 16.5. The number of methoxy groups -OCH3 is 1. The van der Waals surface area contributed by atoms with Crippen LogP contribution in [0.2, 0.25) is 0 Å². The van der Waals surface area contributed by atoms with Crippen molar-refractivity contribution in [2.45, 2.75) is 19.4 Å². The first-order chi connectivity index (χ1) is 7.11. The van der Waals surface area contributed by atoms with Gasteiger partial charge < -0.3 is 14.6 Å². The topological polar surface area (TPSA) is 55.8 Å². The van der Waals surface area contributed by atoms with E-state index >= 15 is 0 Å². The van der Waals surface area contributed by atoms with Crippen molar-refractivity contribution >= 4 is 5.78 Å². The van der Waals surface area contributed by atoms with Gasteiger partial charge in [-0.1, -0.05) is 0 Å². The van der Waals surface area contributed by atoms with Gasteiger partial charge in [0.05, 0.1) is 7.11 Å². The molecule has 0 aliphatic carbocycles. The molecule has 0 bridgehead atoms. The molecule has 4 heteroatoms. The number of phenolic OH excluding ortho intramolecular Hbond substituents is 1. The highest BCUT2D eigenvalue weighted by molar-refractivity contribution is 6.02. The van der Waals surface area contributed by atoms with Crippen LogP contribution in [0.4, 0.5) is 0 Å². The van der Waals surface area contributed by atoms with Crippen molar-refractivity contribution in [3.05, 3.63) is 17.7 Å². The number of ketones is 1. The second-order valence-corrected chi connectivity index (χ2v) is 3.58. The van der Waals surface area contributed by atoms with E-state index < -0.39 is 0 Å². The number of phenols is 1. The maximum atomic E-state index is 11.6. The minimum Gasteiger partial charge on any atom is -0.507 e. The number of carbonyl (C=O) groups is 1. The molecule has 1 aliphatic rings. The number of carbonyl (C=O) groups excluding carboxylic acids is 1. The highest BCUT2D eigenvalue weighted by Gasteiger charge is 2.27. The van der Waals surface area contributed by atoms with Gasteiger partial charge in [-0.2, -0.15) is 0 Å². The van der Waals surface area contributed by atoms with E-state index in [1.807, 2.05) is 6.92 Å². The Morgan fingerprint density at radius 2 is 2.27 bits per heavy atom. The lowest BCUT2D eigenvalue weighted by Crippen LogP contribution is -2.24. The summed E-state index contributed by atoms with van der Waals surface area (Å²) in [6, 6.07) is 3.03. The van der Waals surface area contributed by atoms with Gasteiger partial charge in [0.2, 0.25) is 0 Å². The minimum absolute atomic E-state index is 0.0822. The summed E-state index contributed by atoms with van der Waals surface area (Å²) in [6.07, 6.45) is 0.142. The first-order valence-corrected chi connectivity index (χ1v) is 4.72. The zero-order chi connectivity index (χ0) is 11.0. The second kappa shape index (κ2) is 3.46. The van der Waals surface area contributed by atoms with Crippen LogP contribution in [0, 0.1) is 0 Å². The largest absolute Gasteiger partial charge is 0.507 e. The van der Waals surface area contributed by atoms with Gasteiger partial charge in [-0.3, -0.25) is 4.79 Å². The molecule has 4 nitrogen and oxygen atoms in total. The average molecular weight is 208 g/mol. The third-order valence-corrected chi connectivity index (χ3v) is 2.37. The number of benzene rings is 1. The number of ether oxygens (including phenoxy) is 2. The lowest BCUT2D eigenvalue weighted by atomic mass is 10.0. The van der Waals surface area contributed by atoms with Crippen LogP contribution >= 0.6 is 0 Å². The van der Waals surface area contributed by atoms with Crippen LogP contribution in [0.15, 0.2) is 12.1 Å². The van der Waals surface area contributed by atoms with Crippen LogP contribution in [-0.4, -0.2) is 24.1 Å². The van der Waals surface area contributed by atoms with E-state index in [9.17, 15) is 9.90 Å². The Labute approximate surface area is 87.4 Å². The Morgan fingerprint density at radius 1 is 1.53 bits per heavy atom. The molecule has 1 aromatic rings. The van der Waals surface area contributed by atoms with Gasteiger partial charge in [0.1, 0.15) is 28.9 Å². The van der Waals surface area contributed by atoms with Gasteiger partial charge in [0, 0.05) is 18.6 Å². The summed E-state index contributed by atoms with van der Waals surface area (Å²) in [5.74, 6) is 0.703. The Morgan fingerprint density at radius 3 is 2.93 bits per heavy atom. The number of hydrogen-bond donors (Lipinski definition) is 1. The van der Waals surface area contributed by atoms with Gasteiger partial charge in [-0.25, -0.2) is 0 Å². The van der Waals surface area contributed by atoms with Crippen molar-refractivity contribution in [3.63, 3.8) is 0 Å². The van der Waals surface area contributed by atoms with E-state index in [0.29, 0.717) is 17.9 Å². The first-order valence-electron chi connectivity index (χ1n) is 4.72. The SMILES string of the molecule is COc1cc(O)c2c(c1)OC(C)CC2=O. The fourth-order valence-electron chi connectivity index (χ4n) is 1.69. The lowest BCUT2D eigenvalue weighted by molar-refractivity contribution is 0.0866. The summed E-state index contributed by atoms with van der Waals surface area (Å²) in [7, 11) is 1.50. The van der Waals surface area contributed by atoms with Crippen LogP contribution in [0.1, 0.15) is 23.7 Å². The summed E-state index contributed by atoms with van der Waals surface area (Å²) in [6.45, 7) is 1.82. The predicted octanol–water partition coefficient (Wildman–Crippen LogP) is 1.75. The van der Waals surface area contributed by atoms with E-state index in [1.165, 1.54) is 13.2 Å². The fraction of sp³-hybridized carbons (Fsp3) is 0.364. The summed E-state index contributed by atoms with van der Waals surface area (Å²) in [5, 5.41) is 9.64. The molecule has 1 N–H and O–H groups in total. The molecule has 80 valence electrons. The molecule has 1 atom stereocenters. The molecule has 0 fully saturated rings. The van der Waals surface area contributed by atoms with Crippen molar-refractivity contribution in [2.24, 2.45) is 0 Å². The van der Waals surface area contributed by atoms with Crippen LogP contribution in [0.3, 0.4) is 0 Å². The van der Waals surface area contributed by atoms with Crippen molar-refractivity contribution in [1.82, 2.24) is 0 Å². The first kappa shape index (κ1) is 9.83. The van der Waals surface area contributed by atoms with Crippen molar-refractivity contribution in [1.29, 1.82) is 0 Å². The number of hydrogen-bond acceptors (Lipinski definition) is 4. The van der Waals surface area contributed by atoms with Crippen molar-refractivity contribution in [2.75, 3.05) is 7.11 Å². The van der Waals surface area contributed by atoms with Crippen LogP contribution in [-0.2, 0) is 0 Å². The van der Waals surface area contributed by atoms with E-state index in [0.717, 1.165) is 0 Å². The normalized spacial score (nSPS) is 19.3. The number of aromatic hydroxyl groups is 1. The molecule has 0 saturated heterocycles. The molecular weight excluding hydrogens is 196 g/mol. The third-order valence-electron chi connectivity index (χ3n) is 2.37. The van der Waals surface area contributed by atoms with Crippen molar-refractivity contribution < 1.29 is 19.4 Å². The Kier molecular flexibility index (Phi) is 2.26. The summed E-state index contributed by atoms with van der Waals surface area (Å²) in [4.78, 5) is 11.6. The minimum atomic E-state index is -0.156. The highest BCUT2D eigenvalue weighted by Crippen LogP contribution is 2.37. The standard InChI is InChI=1S/C11H12O4/c1-6-3-8(12)11-9(13)4-7(14-2)5-10(11)15-6/h4-6,13H,3H2,1-2H3. The number of fused-ring (bicyclic) bond motifs is 1. The number of rotatable bonds is 1. The molecular formula is C11H12O4. The van der Waals surface area contributed by atoms with Gasteiger partial charge in [-0.15, -0.1) is 0 Å². The third kappa shape index (κ3) is 1.63. The van der Waals surface area contributed by atoms with E-state index in [4.69, 9.17) is 9.47 Å². The van der Waals surface area contributed by atoms with Crippen LogP contribution in [0.25, 0.3) is 0 Å². The molecule has 0 spiro atoms. The quantitative estimate of drug-likeness (QED) is 0.763. The van der Waals surface area contributed by atoms with Crippen LogP contribution in [0.5, 0.6) is 17.2 Å². The molecule has 0 radical (unpaired) electrons.